The van der Waals surface area contributed by atoms with Gasteiger partial charge in [0.25, 0.3) is 0 Å². The summed E-state index contributed by atoms with van der Waals surface area (Å²) in [7, 11) is 0. The second kappa shape index (κ2) is 13.1. The van der Waals surface area contributed by atoms with Gasteiger partial charge in [-0.05, 0) is 31.2 Å². The highest BCUT2D eigenvalue weighted by Crippen LogP contribution is 2.58. The number of phenolic OH excluding ortho intramolecular Hbond substituents is 8. The first-order valence-electron chi connectivity index (χ1n) is 12.8. The zero-order valence-corrected chi connectivity index (χ0v) is 24.2. The van der Waals surface area contributed by atoms with E-state index in [0.717, 1.165) is 42.1 Å². The Morgan fingerprint density at radius 2 is 1.37 bits per heavy atom. The van der Waals surface area contributed by atoms with Gasteiger partial charge in [-0.1, -0.05) is 0 Å². The zero-order chi connectivity index (χ0) is 31.6. The Labute approximate surface area is 253 Å². The van der Waals surface area contributed by atoms with E-state index in [4.69, 9.17) is 9.47 Å². The second-order valence-electron chi connectivity index (χ2n) is 9.50. The predicted molar refractivity (Wildman–Crippen MR) is 155 cm³/mol. The van der Waals surface area contributed by atoms with Crippen molar-refractivity contribution in [2.75, 3.05) is 24.7 Å². The van der Waals surface area contributed by atoms with E-state index in [1.807, 2.05) is 0 Å². The Kier molecular flexibility index (Phi) is 9.69. The van der Waals surface area contributed by atoms with Gasteiger partial charge in [-0.25, -0.2) is 4.79 Å². The van der Waals surface area contributed by atoms with Gasteiger partial charge >= 0.3 is 5.97 Å². The van der Waals surface area contributed by atoms with Crippen molar-refractivity contribution < 1.29 is 65.3 Å². The maximum atomic E-state index is 13.3. The number of rotatable bonds is 10. The number of benzene rings is 3. The first-order valence-corrected chi connectivity index (χ1v) is 14.9. The van der Waals surface area contributed by atoms with Crippen LogP contribution in [-0.2, 0) is 4.74 Å². The Morgan fingerprint density at radius 3 is 1.93 bits per heavy atom. The van der Waals surface area contributed by atoms with E-state index < -0.39 is 68.9 Å². The van der Waals surface area contributed by atoms with E-state index in [2.05, 4.69) is 0 Å². The number of ether oxygens (including phenoxy) is 2. The molecule has 1 aliphatic heterocycles. The smallest absolute Gasteiger partial charge is 0.338 e. The molecule has 0 saturated heterocycles. The lowest BCUT2D eigenvalue weighted by atomic mass is 9.90. The van der Waals surface area contributed by atoms with Crippen LogP contribution in [0.5, 0.6) is 51.7 Å². The molecule has 0 bridgehead atoms. The Bertz CT molecular complexity index is 1470. The van der Waals surface area contributed by atoms with Crippen LogP contribution in [0.4, 0.5) is 0 Å². The number of phenols is 8. The van der Waals surface area contributed by atoms with E-state index in [1.165, 1.54) is 11.8 Å². The molecular formula is C28H30O13S2. The van der Waals surface area contributed by atoms with Gasteiger partial charge < -0.3 is 60.5 Å². The summed E-state index contributed by atoms with van der Waals surface area (Å²) < 4.78 is 12.1. The predicted octanol–water partition coefficient (Wildman–Crippen LogP) is 3.24. The van der Waals surface area contributed by atoms with Gasteiger partial charge in [-0.15, -0.1) is 11.8 Å². The van der Waals surface area contributed by atoms with E-state index in [9.17, 15) is 55.9 Å². The number of fused-ring (bicyclic) bond motifs is 1. The fourth-order valence-corrected chi connectivity index (χ4v) is 6.72. The van der Waals surface area contributed by atoms with Crippen molar-refractivity contribution in [3.05, 3.63) is 52.6 Å². The van der Waals surface area contributed by atoms with E-state index in [1.54, 1.807) is 6.92 Å². The van der Waals surface area contributed by atoms with E-state index in [-0.39, 0.29) is 52.7 Å². The Balaban J connectivity index is 1.93. The Morgan fingerprint density at radius 1 is 0.814 bits per heavy atom. The topological polar surface area (TPSA) is 238 Å². The molecule has 10 N–H and O–H groups in total. The number of aliphatic hydroxyl groups is 2. The second-order valence-corrected chi connectivity index (χ2v) is 12.2. The first-order chi connectivity index (χ1) is 20.4. The van der Waals surface area contributed by atoms with Crippen LogP contribution in [-0.4, -0.2) is 87.9 Å². The van der Waals surface area contributed by atoms with Crippen molar-refractivity contribution in [1.29, 1.82) is 0 Å². The summed E-state index contributed by atoms with van der Waals surface area (Å²) in [6, 6.07) is 4.92. The molecular weight excluding hydrogens is 608 g/mol. The number of aliphatic hydroxyl groups excluding tert-OH is 2. The van der Waals surface area contributed by atoms with Gasteiger partial charge in [-0.3, -0.25) is 0 Å². The number of thioether (sulfide) groups is 2. The minimum absolute atomic E-state index is 0.00449. The van der Waals surface area contributed by atoms with Gasteiger partial charge in [0.15, 0.2) is 46.7 Å². The summed E-state index contributed by atoms with van der Waals surface area (Å²) in [4.78, 5) is 13.3. The number of aromatic hydroxyl groups is 8. The highest BCUT2D eigenvalue weighted by Gasteiger charge is 2.46. The highest BCUT2D eigenvalue weighted by atomic mass is 32.2. The number of carbonyl (C=O) groups is 1. The van der Waals surface area contributed by atoms with Crippen molar-refractivity contribution in [2.45, 2.75) is 29.6 Å². The summed E-state index contributed by atoms with van der Waals surface area (Å²) in [5, 5.41) is 99.4. The van der Waals surface area contributed by atoms with Crippen molar-refractivity contribution in [3.8, 4) is 51.7 Å². The molecule has 1 heterocycles. The van der Waals surface area contributed by atoms with Crippen LogP contribution in [0.3, 0.4) is 0 Å². The van der Waals surface area contributed by atoms with Crippen LogP contribution in [0.2, 0.25) is 0 Å². The highest BCUT2D eigenvalue weighted by molar-refractivity contribution is 7.99. The molecule has 13 nitrogen and oxygen atoms in total. The third-order valence-corrected chi connectivity index (χ3v) is 9.10. The van der Waals surface area contributed by atoms with Crippen LogP contribution in [0.25, 0.3) is 0 Å². The van der Waals surface area contributed by atoms with Gasteiger partial charge in [0.1, 0.15) is 17.2 Å². The van der Waals surface area contributed by atoms with Crippen molar-refractivity contribution in [3.63, 3.8) is 0 Å². The van der Waals surface area contributed by atoms with Gasteiger partial charge in [0.05, 0.1) is 29.6 Å². The monoisotopic (exact) mass is 638 g/mol. The molecule has 232 valence electrons. The van der Waals surface area contributed by atoms with Crippen LogP contribution < -0.4 is 4.74 Å². The normalized spacial score (nSPS) is 18.4. The largest absolute Gasteiger partial charge is 0.507 e. The molecule has 0 spiro atoms. The lowest BCUT2D eigenvalue weighted by Crippen LogP contribution is -2.38. The van der Waals surface area contributed by atoms with E-state index >= 15 is 0 Å². The van der Waals surface area contributed by atoms with Gasteiger partial charge in [0, 0.05) is 33.9 Å². The van der Waals surface area contributed by atoms with Crippen LogP contribution >= 0.6 is 23.5 Å². The maximum Gasteiger partial charge on any atom is 0.338 e. The molecule has 3 aromatic rings. The average molecular weight is 639 g/mol. The summed E-state index contributed by atoms with van der Waals surface area (Å²) in [6.07, 6.45) is -2.78. The molecule has 4 rings (SSSR count). The van der Waals surface area contributed by atoms with Gasteiger partial charge in [-0.2, -0.15) is 11.8 Å². The minimum Gasteiger partial charge on any atom is -0.507 e. The molecule has 4 atom stereocenters. The molecule has 0 unspecified atom stereocenters. The summed E-state index contributed by atoms with van der Waals surface area (Å²) >= 11 is 2.33. The molecule has 43 heavy (non-hydrogen) atoms. The average Bonchev–Trinajstić information content (AvgIpc) is 2.95. The summed E-state index contributed by atoms with van der Waals surface area (Å²) in [5.74, 6) is -6.25. The number of hydrogen-bond donors (Lipinski definition) is 10. The summed E-state index contributed by atoms with van der Waals surface area (Å²) in [6.45, 7) is 1.26. The van der Waals surface area contributed by atoms with E-state index in [0.29, 0.717) is 5.75 Å². The minimum atomic E-state index is -1.40. The van der Waals surface area contributed by atoms with Gasteiger partial charge in [0.2, 0.25) is 0 Å². The summed E-state index contributed by atoms with van der Waals surface area (Å²) in [5.41, 5.74) is -0.0346. The van der Waals surface area contributed by atoms with Crippen molar-refractivity contribution >= 4 is 29.5 Å². The van der Waals surface area contributed by atoms with Crippen LogP contribution in [0.1, 0.15) is 50.6 Å². The molecule has 0 aliphatic carbocycles. The fraction of sp³-hybridized carbons (Fsp3) is 0.321. The molecule has 1 aliphatic rings. The first kappa shape index (κ1) is 31.9. The van der Waals surface area contributed by atoms with Crippen LogP contribution in [0.15, 0.2) is 30.3 Å². The zero-order valence-electron chi connectivity index (χ0n) is 22.5. The third kappa shape index (κ3) is 6.34. The fourth-order valence-electron chi connectivity index (χ4n) is 4.73. The quantitative estimate of drug-likeness (QED) is 0.113. The van der Waals surface area contributed by atoms with Crippen molar-refractivity contribution in [2.24, 2.45) is 0 Å². The van der Waals surface area contributed by atoms with Crippen molar-refractivity contribution in [1.82, 2.24) is 0 Å². The maximum absolute atomic E-state index is 13.3. The molecule has 0 aromatic heterocycles. The lowest BCUT2D eigenvalue weighted by Gasteiger charge is -2.40. The molecule has 3 aromatic carbocycles. The Hall–Kier alpha value is -4.05. The molecule has 0 saturated carbocycles. The lowest BCUT2D eigenvalue weighted by molar-refractivity contribution is -0.0207. The third-order valence-electron chi connectivity index (χ3n) is 6.66. The number of carbonyl (C=O) groups excluding carboxylic acids is 1. The standard InChI is InChI=1S/C28H30O13S2/c1-11(42-4-2-29)20-14(31)10-15(32)21-25(20)40-24(12-6-16(33)22(37)17(34)7-12)26(27(21)43-5-3-30)41-28(39)13-8-18(35)23(38)19(36)9-13/h6-11,24,26-27,29-38H,2-5H2,1H3/t11-,24+,26-,27-/m0/s1. The molecule has 0 radical (unpaired) electrons. The number of hydrogen-bond acceptors (Lipinski definition) is 15. The molecule has 0 amide bonds. The molecule has 15 heteroatoms. The van der Waals surface area contributed by atoms with Crippen LogP contribution in [0, 0.1) is 0 Å². The SMILES string of the molecule is C[C@H](SCCO)c1c(O)cc(O)c2c1O[C@H](c1cc(O)c(O)c(O)c1)[C@H](OC(=O)c1cc(O)c(O)c(O)c1)[C@H]2SCCO. The number of esters is 1. The molecule has 0 fully saturated rings.